The Morgan fingerprint density at radius 2 is 1.96 bits per heavy atom. The van der Waals surface area contributed by atoms with E-state index in [4.69, 9.17) is 4.74 Å². The van der Waals surface area contributed by atoms with Crippen LogP contribution >= 0.6 is 0 Å². The molecule has 0 bridgehead atoms. The van der Waals surface area contributed by atoms with Gasteiger partial charge in [0, 0.05) is 0 Å². The second-order valence-electron chi connectivity index (χ2n) is 5.45. The molecule has 0 fully saturated rings. The molecule has 3 N–H and O–H groups in total. The molecular weight excluding hydrogens is 308 g/mol. The summed E-state index contributed by atoms with van der Waals surface area (Å²) >= 11 is 0. The predicted molar refractivity (Wildman–Crippen MR) is 88.8 cm³/mol. The van der Waals surface area contributed by atoms with Crippen molar-refractivity contribution >= 4 is 34.5 Å². The van der Waals surface area contributed by atoms with Crippen molar-refractivity contribution in [2.75, 3.05) is 10.6 Å². The van der Waals surface area contributed by atoms with Crippen molar-refractivity contribution in [1.82, 2.24) is 9.97 Å². The van der Waals surface area contributed by atoms with Crippen LogP contribution in [0.5, 0.6) is 5.75 Å². The molecule has 0 saturated heterocycles. The Morgan fingerprint density at radius 1 is 1.17 bits per heavy atom. The third kappa shape index (κ3) is 2.67. The summed E-state index contributed by atoms with van der Waals surface area (Å²) in [6.45, 7) is 0. The van der Waals surface area contributed by atoms with E-state index < -0.39 is 6.10 Å². The summed E-state index contributed by atoms with van der Waals surface area (Å²) < 4.78 is 5.61. The van der Waals surface area contributed by atoms with Crippen molar-refractivity contribution < 1.29 is 14.3 Å². The van der Waals surface area contributed by atoms with Gasteiger partial charge < -0.3 is 15.0 Å². The van der Waals surface area contributed by atoms with Crippen LogP contribution in [0.4, 0.5) is 11.6 Å². The first-order valence-corrected chi connectivity index (χ1v) is 7.50. The van der Waals surface area contributed by atoms with E-state index in [-0.39, 0.29) is 18.2 Å². The lowest BCUT2D eigenvalue weighted by Gasteiger charge is -2.25. The Bertz CT molecular complexity index is 901. The molecule has 3 aromatic rings. The SMILES string of the molecule is O=C(C[C@H]1Oc2ccccc2NC1=O)Nc1nc2ccccc2[nH]1. The Balaban J connectivity index is 1.45. The number of aromatic amines is 1. The number of aromatic nitrogens is 2. The van der Waals surface area contributed by atoms with Crippen LogP contribution in [0.15, 0.2) is 48.5 Å². The normalized spacial score (nSPS) is 16.2. The monoisotopic (exact) mass is 322 g/mol. The molecule has 1 aromatic heterocycles. The summed E-state index contributed by atoms with van der Waals surface area (Å²) in [7, 11) is 0. The number of nitrogens with zero attached hydrogens (tertiary/aromatic N) is 1. The molecular formula is C17H14N4O3. The Hall–Kier alpha value is -3.35. The van der Waals surface area contributed by atoms with Crippen LogP contribution in [0.3, 0.4) is 0 Å². The number of carbonyl (C=O) groups is 2. The van der Waals surface area contributed by atoms with E-state index >= 15 is 0 Å². The van der Waals surface area contributed by atoms with Gasteiger partial charge in [0.1, 0.15) is 5.75 Å². The zero-order valence-corrected chi connectivity index (χ0v) is 12.6. The van der Waals surface area contributed by atoms with Crippen LogP contribution < -0.4 is 15.4 Å². The fourth-order valence-corrected chi connectivity index (χ4v) is 2.59. The molecule has 120 valence electrons. The van der Waals surface area contributed by atoms with E-state index in [1.807, 2.05) is 30.3 Å². The Labute approximate surface area is 137 Å². The lowest BCUT2D eigenvalue weighted by molar-refractivity contribution is -0.128. The van der Waals surface area contributed by atoms with Gasteiger partial charge >= 0.3 is 0 Å². The maximum Gasteiger partial charge on any atom is 0.266 e. The minimum atomic E-state index is -0.871. The van der Waals surface area contributed by atoms with E-state index in [0.717, 1.165) is 11.0 Å². The number of H-pyrrole nitrogens is 1. The maximum atomic E-state index is 12.2. The van der Waals surface area contributed by atoms with Gasteiger partial charge in [-0.25, -0.2) is 4.98 Å². The summed E-state index contributed by atoms with van der Waals surface area (Å²) in [4.78, 5) is 31.5. The van der Waals surface area contributed by atoms with Crippen LogP contribution in [-0.2, 0) is 9.59 Å². The minimum Gasteiger partial charge on any atom is -0.478 e. The molecule has 0 unspecified atom stereocenters. The first-order valence-electron chi connectivity index (χ1n) is 7.50. The molecule has 1 atom stereocenters. The number of amides is 2. The van der Waals surface area contributed by atoms with Crippen molar-refractivity contribution in [2.24, 2.45) is 0 Å². The number of rotatable bonds is 3. The van der Waals surface area contributed by atoms with Crippen molar-refractivity contribution in [2.45, 2.75) is 12.5 Å². The Morgan fingerprint density at radius 3 is 2.83 bits per heavy atom. The van der Waals surface area contributed by atoms with E-state index in [0.29, 0.717) is 17.4 Å². The van der Waals surface area contributed by atoms with Crippen molar-refractivity contribution in [1.29, 1.82) is 0 Å². The van der Waals surface area contributed by atoms with Crippen LogP contribution in [-0.4, -0.2) is 27.9 Å². The summed E-state index contributed by atoms with van der Waals surface area (Å²) in [5.41, 5.74) is 2.19. The molecule has 7 heteroatoms. The molecule has 2 heterocycles. The fraction of sp³-hybridized carbons (Fsp3) is 0.118. The standard InChI is InChI=1S/C17H14N4O3/c22-15(21-17-19-10-5-1-2-6-11(10)20-17)9-14-16(23)18-12-7-3-4-8-13(12)24-14/h1-8,14H,9H2,(H,18,23)(H2,19,20,21,22)/t14-/m1/s1. The van der Waals surface area contributed by atoms with E-state index in [1.54, 1.807) is 18.2 Å². The van der Waals surface area contributed by atoms with Crippen LogP contribution in [0.1, 0.15) is 6.42 Å². The van der Waals surface area contributed by atoms with Gasteiger partial charge in [0.15, 0.2) is 6.10 Å². The van der Waals surface area contributed by atoms with Gasteiger partial charge in [-0.15, -0.1) is 0 Å². The van der Waals surface area contributed by atoms with Crippen molar-refractivity contribution in [3.8, 4) is 5.75 Å². The molecule has 7 nitrogen and oxygen atoms in total. The molecule has 2 amide bonds. The maximum absolute atomic E-state index is 12.2. The predicted octanol–water partition coefficient (Wildman–Crippen LogP) is 2.29. The van der Waals surface area contributed by atoms with E-state index in [1.165, 1.54) is 0 Å². The topological polar surface area (TPSA) is 96.1 Å². The minimum absolute atomic E-state index is 0.1000. The highest BCUT2D eigenvalue weighted by Gasteiger charge is 2.29. The number of carbonyl (C=O) groups excluding carboxylic acids is 2. The van der Waals surface area contributed by atoms with Crippen LogP contribution in [0.2, 0.25) is 0 Å². The van der Waals surface area contributed by atoms with Gasteiger partial charge in [0.05, 0.1) is 23.1 Å². The zero-order chi connectivity index (χ0) is 16.5. The number of hydrogen-bond donors (Lipinski definition) is 3. The summed E-state index contributed by atoms with van der Waals surface area (Å²) in [5.74, 6) is 0.207. The average Bonchev–Trinajstić information content (AvgIpc) is 2.97. The van der Waals surface area contributed by atoms with Gasteiger partial charge in [-0.2, -0.15) is 0 Å². The number of fused-ring (bicyclic) bond motifs is 2. The summed E-state index contributed by atoms with van der Waals surface area (Å²) in [6, 6.07) is 14.6. The molecule has 0 aliphatic carbocycles. The van der Waals surface area contributed by atoms with Gasteiger partial charge in [-0.05, 0) is 24.3 Å². The average molecular weight is 322 g/mol. The van der Waals surface area contributed by atoms with Crippen LogP contribution in [0.25, 0.3) is 11.0 Å². The van der Waals surface area contributed by atoms with Crippen molar-refractivity contribution in [3.63, 3.8) is 0 Å². The molecule has 2 aromatic carbocycles. The van der Waals surface area contributed by atoms with Crippen molar-refractivity contribution in [3.05, 3.63) is 48.5 Å². The highest BCUT2D eigenvalue weighted by atomic mass is 16.5. The summed E-state index contributed by atoms with van der Waals surface area (Å²) in [6.07, 6.45) is -0.971. The third-order valence-electron chi connectivity index (χ3n) is 3.72. The largest absolute Gasteiger partial charge is 0.478 e. The molecule has 0 saturated carbocycles. The Kier molecular flexibility index (Phi) is 3.38. The smallest absolute Gasteiger partial charge is 0.266 e. The van der Waals surface area contributed by atoms with Gasteiger partial charge in [0.25, 0.3) is 5.91 Å². The number of anilines is 2. The fourth-order valence-electron chi connectivity index (χ4n) is 2.59. The van der Waals surface area contributed by atoms with Crippen LogP contribution in [0, 0.1) is 0 Å². The first-order chi connectivity index (χ1) is 11.7. The highest BCUT2D eigenvalue weighted by molar-refractivity contribution is 6.01. The van der Waals surface area contributed by atoms with Gasteiger partial charge in [-0.1, -0.05) is 24.3 Å². The third-order valence-corrected chi connectivity index (χ3v) is 3.72. The number of para-hydroxylation sites is 4. The number of benzene rings is 2. The molecule has 24 heavy (non-hydrogen) atoms. The first kappa shape index (κ1) is 14.3. The molecule has 1 aliphatic rings. The quantitative estimate of drug-likeness (QED) is 0.689. The van der Waals surface area contributed by atoms with E-state index in [9.17, 15) is 9.59 Å². The number of nitrogens with one attached hydrogen (secondary N) is 3. The number of hydrogen-bond acceptors (Lipinski definition) is 4. The highest BCUT2D eigenvalue weighted by Crippen LogP contribution is 2.29. The summed E-state index contributed by atoms with van der Waals surface area (Å²) in [5, 5.41) is 5.39. The number of imidazole rings is 1. The lowest BCUT2D eigenvalue weighted by Crippen LogP contribution is -2.39. The zero-order valence-electron chi connectivity index (χ0n) is 12.6. The second-order valence-corrected chi connectivity index (χ2v) is 5.45. The molecule has 1 aliphatic heterocycles. The van der Waals surface area contributed by atoms with Gasteiger partial charge in [-0.3, -0.25) is 14.9 Å². The second kappa shape index (κ2) is 5.69. The lowest BCUT2D eigenvalue weighted by atomic mass is 10.1. The molecule has 0 radical (unpaired) electrons. The molecule has 0 spiro atoms. The molecule has 4 rings (SSSR count). The van der Waals surface area contributed by atoms with Gasteiger partial charge in [0.2, 0.25) is 11.9 Å². The van der Waals surface area contributed by atoms with E-state index in [2.05, 4.69) is 20.6 Å². The number of ether oxygens (including phenoxy) is 1.